The molecule has 0 saturated carbocycles. The van der Waals surface area contributed by atoms with Gasteiger partial charge in [-0.05, 0) is 40.3 Å². The summed E-state index contributed by atoms with van der Waals surface area (Å²) in [5.74, 6) is 0. The normalized spacial score (nSPS) is 10.2. The fourth-order valence-corrected chi connectivity index (χ4v) is 1.48. The first kappa shape index (κ1) is 8.55. The van der Waals surface area contributed by atoms with Crippen LogP contribution in [0, 0.1) is 3.57 Å². The summed E-state index contributed by atoms with van der Waals surface area (Å²) in [4.78, 5) is 16.1. The van der Waals surface area contributed by atoms with Crippen LogP contribution >= 0.6 is 22.6 Å². The third kappa shape index (κ3) is 1.82. The molecule has 2 rings (SSSR count). The first-order valence-corrected chi connectivity index (χ1v) is 4.87. The SMILES string of the molecule is O=c1[nH]cc(-c2ccc(I)cc2)[nH]1. The van der Waals surface area contributed by atoms with Crippen molar-refractivity contribution in [3.63, 3.8) is 0 Å². The summed E-state index contributed by atoms with van der Waals surface area (Å²) in [7, 11) is 0. The lowest BCUT2D eigenvalue weighted by Gasteiger charge is -1.95. The molecule has 0 aliphatic carbocycles. The zero-order chi connectivity index (χ0) is 9.26. The van der Waals surface area contributed by atoms with Gasteiger partial charge in [-0.3, -0.25) is 0 Å². The van der Waals surface area contributed by atoms with Crippen LogP contribution in [-0.4, -0.2) is 9.97 Å². The Morgan fingerprint density at radius 2 is 1.85 bits per heavy atom. The fourth-order valence-electron chi connectivity index (χ4n) is 1.12. The third-order valence-electron chi connectivity index (χ3n) is 1.75. The Labute approximate surface area is 88.3 Å². The van der Waals surface area contributed by atoms with Gasteiger partial charge in [0, 0.05) is 9.77 Å². The average molecular weight is 286 g/mol. The monoisotopic (exact) mass is 286 g/mol. The molecule has 0 saturated heterocycles. The van der Waals surface area contributed by atoms with E-state index in [0.717, 1.165) is 11.3 Å². The number of H-pyrrole nitrogens is 2. The first-order valence-electron chi connectivity index (χ1n) is 3.79. The Morgan fingerprint density at radius 3 is 2.38 bits per heavy atom. The zero-order valence-corrected chi connectivity index (χ0v) is 8.83. The summed E-state index contributed by atoms with van der Waals surface area (Å²) in [6, 6.07) is 7.95. The standard InChI is InChI=1S/C9H7IN2O/c10-7-3-1-6(2-4-7)8-5-11-9(13)12-8/h1-5H,(H2,11,12,13). The highest BCUT2D eigenvalue weighted by atomic mass is 127. The van der Waals surface area contributed by atoms with Gasteiger partial charge in [-0.1, -0.05) is 12.1 Å². The quantitative estimate of drug-likeness (QED) is 0.774. The second kappa shape index (κ2) is 3.37. The highest BCUT2D eigenvalue weighted by Crippen LogP contribution is 2.16. The van der Waals surface area contributed by atoms with E-state index >= 15 is 0 Å². The number of halogens is 1. The molecule has 0 amide bonds. The summed E-state index contributed by atoms with van der Waals surface area (Å²) in [6.45, 7) is 0. The summed E-state index contributed by atoms with van der Waals surface area (Å²) in [5.41, 5.74) is 1.66. The molecule has 0 fully saturated rings. The second-order valence-corrected chi connectivity index (χ2v) is 3.91. The van der Waals surface area contributed by atoms with Gasteiger partial charge in [0.2, 0.25) is 0 Å². The van der Waals surface area contributed by atoms with Crippen LogP contribution in [0.5, 0.6) is 0 Å². The molecule has 0 spiro atoms. The summed E-state index contributed by atoms with van der Waals surface area (Å²) < 4.78 is 1.18. The minimum Gasteiger partial charge on any atom is -0.312 e. The molecular weight excluding hydrogens is 279 g/mol. The van der Waals surface area contributed by atoms with Crippen LogP contribution in [-0.2, 0) is 0 Å². The lowest BCUT2D eigenvalue weighted by molar-refractivity contribution is 1.19. The number of hydrogen-bond acceptors (Lipinski definition) is 1. The Balaban J connectivity index is 2.47. The maximum atomic E-state index is 10.8. The molecule has 1 heterocycles. The van der Waals surface area contributed by atoms with Crippen molar-refractivity contribution >= 4 is 22.6 Å². The van der Waals surface area contributed by atoms with Crippen molar-refractivity contribution in [1.29, 1.82) is 0 Å². The molecule has 0 aliphatic rings. The Bertz CT molecular complexity index is 455. The van der Waals surface area contributed by atoms with E-state index in [1.807, 2.05) is 24.3 Å². The average Bonchev–Trinajstić information content (AvgIpc) is 2.53. The molecule has 0 radical (unpaired) electrons. The zero-order valence-electron chi connectivity index (χ0n) is 6.67. The van der Waals surface area contributed by atoms with Crippen LogP contribution in [0.4, 0.5) is 0 Å². The van der Waals surface area contributed by atoms with Gasteiger partial charge in [-0.25, -0.2) is 4.79 Å². The third-order valence-corrected chi connectivity index (χ3v) is 2.47. The van der Waals surface area contributed by atoms with Crippen LogP contribution in [0.25, 0.3) is 11.3 Å². The van der Waals surface area contributed by atoms with Gasteiger partial charge >= 0.3 is 5.69 Å². The highest BCUT2D eigenvalue weighted by molar-refractivity contribution is 14.1. The van der Waals surface area contributed by atoms with Crippen molar-refractivity contribution in [1.82, 2.24) is 9.97 Å². The van der Waals surface area contributed by atoms with E-state index < -0.39 is 0 Å². The van der Waals surface area contributed by atoms with Crippen molar-refractivity contribution in [2.45, 2.75) is 0 Å². The molecule has 0 unspecified atom stereocenters. The van der Waals surface area contributed by atoms with Crippen molar-refractivity contribution in [2.75, 3.05) is 0 Å². The summed E-state index contributed by atoms with van der Waals surface area (Å²) in [6.07, 6.45) is 1.67. The lowest BCUT2D eigenvalue weighted by Crippen LogP contribution is -1.99. The van der Waals surface area contributed by atoms with Crippen molar-refractivity contribution in [2.24, 2.45) is 0 Å². The molecular formula is C9H7IN2O. The van der Waals surface area contributed by atoms with Gasteiger partial charge in [-0.15, -0.1) is 0 Å². The number of aromatic nitrogens is 2. The summed E-state index contributed by atoms with van der Waals surface area (Å²) >= 11 is 2.24. The van der Waals surface area contributed by atoms with E-state index in [2.05, 4.69) is 32.6 Å². The Hall–Kier alpha value is -1.04. The van der Waals surface area contributed by atoms with E-state index in [4.69, 9.17) is 0 Å². The molecule has 2 aromatic rings. The molecule has 13 heavy (non-hydrogen) atoms. The number of hydrogen-bond donors (Lipinski definition) is 2. The van der Waals surface area contributed by atoms with Crippen LogP contribution in [0.3, 0.4) is 0 Å². The predicted molar refractivity (Wildman–Crippen MR) is 59.6 cm³/mol. The van der Waals surface area contributed by atoms with E-state index in [1.54, 1.807) is 6.20 Å². The van der Waals surface area contributed by atoms with E-state index in [-0.39, 0.29) is 5.69 Å². The van der Waals surface area contributed by atoms with Crippen molar-refractivity contribution in [3.05, 3.63) is 44.5 Å². The Morgan fingerprint density at radius 1 is 1.15 bits per heavy atom. The van der Waals surface area contributed by atoms with Gasteiger partial charge in [-0.2, -0.15) is 0 Å². The maximum absolute atomic E-state index is 10.8. The largest absolute Gasteiger partial charge is 0.323 e. The van der Waals surface area contributed by atoms with E-state index in [0.29, 0.717) is 0 Å². The molecule has 4 heteroatoms. The number of nitrogens with one attached hydrogen (secondary N) is 2. The molecule has 0 aliphatic heterocycles. The Kier molecular flexibility index (Phi) is 2.22. The molecule has 2 N–H and O–H groups in total. The molecule has 0 bridgehead atoms. The molecule has 1 aromatic heterocycles. The number of rotatable bonds is 1. The minimum absolute atomic E-state index is 0.173. The molecule has 0 atom stereocenters. The van der Waals surface area contributed by atoms with Gasteiger partial charge in [0.25, 0.3) is 0 Å². The van der Waals surface area contributed by atoms with Gasteiger partial charge < -0.3 is 9.97 Å². The lowest BCUT2D eigenvalue weighted by atomic mass is 10.2. The van der Waals surface area contributed by atoms with E-state index in [9.17, 15) is 4.79 Å². The van der Waals surface area contributed by atoms with Crippen LogP contribution < -0.4 is 5.69 Å². The van der Waals surface area contributed by atoms with Crippen LogP contribution in [0.2, 0.25) is 0 Å². The second-order valence-electron chi connectivity index (χ2n) is 2.66. The smallest absolute Gasteiger partial charge is 0.312 e. The van der Waals surface area contributed by atoms with Crippen LogP contribution in [0.15, 0.2) is 35.3 Å². The van der Waals surface area contributed by atoms with Crippen LogP contribution in [0.1, 0.15) is 0 Å². The molecule has 66 valence electrons. The number of benzene rings is 1. The topological polar surface area (TPSA) is 48.6 Å². The van der Waals surface area contributed by atoms with Gasteiger partial charge in [0.05, 0.1) is 5.69 Å². The fraction of sp³-hybridized carbons (Fsp3) is 0. The molecule has 3 nitrogen and oxygen atoms in total. The maximum Gasteiger partial charge on any atom is 0.323 e. The highest BCUT2D eigenvalue weighted by Gasteiger charge is 1.98. The summed E-state index contributed by atoms with van der Waals surface area (Å²) in [5, 5.41) is 0. The number of imidazole rings is 1. The van der Waals surface area contributed by atoms with Gasteiger partial charge in [0.1, 0.15) is 0 Å². The van der Waals surface area contributed by atoms with Gasteiger partial charge in [0.15, 0.2) is 0 Å². The first-order chi connectivity index (χ1) is 6.25. The van der Waals surface area contributed by atoms with E-state index in [1.165, 1.54) is 3.57 Å². The molecule has 1 aromatic carbocycles. The number of aromatic amines is 2. The predicted octanol–water partition coefficient (Wildman–Crippen LogP) is 1.97. The van der Waals surface area contributed by atoms with Crippen molar-refractivity contribution in [3.8, 4) is 11.3 Å². The minimum atomic E-state index is -0.173. The van der Waals surface area contributed by atoms with Crippen molar-refractivity contribution < 1.29 is 0 Å².